The van der Waals surface area contributed by atoms with Crippen molar-refractivity contribution in [3.05, 3.63) is 53.1 Å². The third kappa shape index (κ3) is 4.48. The van der Waals surface area contributed by atoms with Crippen molar-refractivity contribution in [2.75, 3.05) is 6.61 Å². The monoisotopic (exact) mass is 303 g/mol. The molecule has 0 heterocycles. The summed E-state index contributed by atoms with van der Waals surface area (Å²) in [4.78, 5) is 0. The lowest BCUT2D eigenvalue weighted by atomic mass is 10.0. The zero-order valence-corrected chi connectivity index (χ0v) is 13.6. The van der Waals surface area contributed by atoms with Gasteiger partial charge in [-0.05, 0) is 36.2 Å². The maximum absolute atomic E-state index is 6.42. The molecule has 2 aromatic carbocycles. The van der Waals surface area contributed by atoms with E-state index in [9.17, 15) is 0 Å². The predicted molar refractivity (Wildman–Crippen MR) is 90.0 cm³/mol. The molecule has 1 N–H and O–H groups in total. The normalized spacial score (nSPS) is 10.9. The van der Waals surface area contributed by atoms with E-state index in [1.807, 2.05) is 37.3 Å². The van der Waals surface area contributed by atoms with Crippen molar-refractivity contribution >= 4 is 11.6 Å². The summed E-state index contributed by atoms with van der Waals surface area (Å²) in [6, 6.07) is 14.7. The van der Waals surface area contributed by atoms with Crippen LogP contribution in [0, 0.1) is 0 Å². The molecule has 2 nitrogen and oxygen atoms in total. The molecule has 2 rings (SSSR count). The number of rotatable bonds is 6. The fourth-order valence-corrected chi connectivity index (χ4v) is 2.43. The van der Waals surface area contributed by atoms with Crippen molar-refractivity contribution in [3.8, 4) is 16.9 Å². The molecule has 0 aliphatic carbocycles. The summed E-state index contributed by atoms with van der Waals surface area (Å²) < 4.78 is 5.46. The number of nitrogens with one attached hydrogen (secondary N) is 1. The van der Waals surface area contributed by atoms with Gasteiger partial charge in [0, 0.05) is 23.2 Å². The van der Waals surface area contributed by atoms with Gasteiger partial charge in [0.15, 0.2) is 0 Å². The first-order valence-corrected chi connectivity index (χ1v) is 7.73. The van der Waals surface area contributed by atoms with Crippen molar-refractivity contribution in [3.63, 3.8) is 0 Å². The van der Waals surface area contributed by atoms with Gasteiger partial charge in [0.05, 0.1) is 6.61 Å². The third-order valence-corrected chi connectivity index (χ3v) is 3.54. The number of halogens is 1. The molecule has 0 spiro atoms. The van der Waals surface area contributed by atoms with Crippen molar-refractivity contribution < 1.29 is 4.74 Å². The molecule has 0 atom stereocenters. The molecule has 0 saturated heterocycles. The summed E-state index contributed by atoms with van der Waals surface area (Å²) in [5, 5.41) is 4.17. The molecule has 0 fully saturated rings. The first kappa shape index (κ1) is 15.9. The van der Waals surface area contributed by atoms with Gasteiger partial charge in [-0.3, -0.25) is 0 Å². The van der Waals surface area contributed by atoms with Gasteiger partial charge in [0.1, 0.15) is 5.75 Å². The lowest BCUT2D eigenvalue weighted by Gasteiger charge is -2.11. The fourth-order valence-electron chi connectivity index (χ4n) is 2.12. The minimum Gasteiger partial charge on any atom is -0.494 e. The highest BCUT2D eigenvalue weighted by molar-refractivity contribution is 6.33. The number of ether oxygens (including phenoxy) is 1. The molecule has 0 aliphatic rings. The Morgan fingerprint density at radius 2 is 1.81 bits per heavy atom. The second-order valence-electron chi connectivity index (χ2n) is 5.31. The van der Waals surface area contributed by atoms with E-state index in [2.05, 4.69) is 31.3 Å². The summed E-state index contributed by atoms with van der Waals surface area (Å²) >= 11 is 6.42. The molecule has 0 unspecified atom stereocenters. The van der Waals surface area contributed by atoms with Crippen LogP contribution in [0.15, 0.2) is 42.5 Å². The molecular formula is C18H22ClNO. The summed E-state index contributed by atoms with van der Waals surface area (Å²) in [6.07, 6.45) is 0. The van der Waals surface area contributed by atoms with Gasteiger partial charge < -0.3 is 10.1 Å². The van der Waals surface area contributed by atoms with E-state index in [0.717, 1.165) is 28.4 Å². The van der Waals surface area contributed by atoms with Crippen LogP contribution in [0.4, 0.5) is 0 Å². The highest BCUT2D eigenvalue weighted by Gasteiger charge is 2.05. The van der Waals surface area contributed by atoms with Crippen LogP contribution >= 0.6 is 11.6 Å². The Morgan fingerprint density at radius 3 is 2.38 bits per heavy atom. The molecule has 2 aromatic rings. The Hall–Kier alpha value is -1.51. The van der Waals surface area contributed by atoms with Gasteiger partial charge in [0.2, 0.25) is 0 Å². The van der Waals surface area contributed by atoms with E-state index >= 15 is 0 Å². The van der Waals surface area contributed by atoms with Gasteiger partial charge in [-0.15, -0.1) is 0 Å². The first-order valence-electron chi connectivity index (χ1n) is 7.35. The topological polar surface area (TPSA) is 21.3 Å². The van der Waals surface area contributed by atoms with Gasteiger partial charge in [-0.2, -0.15) is 0 Å². The highest BCUT2D eigenvalue weighted by Crippen LogP contribution is 2.30. The van der Waals surface area contributed by atoms with Gasteiger partial charge in [0.25, 0.3) is 0 Å². The van der Waals surface area contributed by atoms with Crippen LogP contribution in [0.5, 0.6) is 5.75 Å². The second kappa shape index (κ2) is 7.48. The summed E-state index contributed by atoms with van der Waals surface area (Å²) in [5.41, 5.74) is 3.35. The predicted octanol–water partition coefficient (Wildman–Crippen LogP) is 4.90. The smallest absolute Gasteiger partial charge is 0.119 e. The number of hydrogen-bond acceptors (Lipinski definition) is 2. The molecule has 0 saturated carbocycles. The van der Waals surface area contributed by atoms with Crippen LogP contribution in [-0.4, -0.2) is 12.6 Å². The fraction of sp³-hybridized carbons (Fsp3) is 0.333. The molecular weight excluding hydrogens is 282 g/mol. The average molecular weight is 304 g/mol. The van der Waals surface area contributed by atoms with E-state index in [1.165, 1.54) is 5.56 Å². The van der Waals surface area contributed by atoms with E-state index in [4.69, 9.17) is 16.3 Å². The minimum absolute atomic E-state index is 0.467. The van der Waals surface area contributed by atoms with Crippen LogP contribution in [0.2, 0.25) is 5.02 Å². The van der Waals surface area contributed by atoms with E-state index in [-0.39, 0.29) is 0 Å². The molecule has 112 valence electrons. The molecule has 0 bridgehead atoms. The SMILES string of the molecule is CCOc1ccc(-c2ccc(CNC(C)C)cc2Cl)cc1. The van der Waals surface area contributed by atoms with Crippen molar-refractivity contribution in [1.29, 1.82) is 0 Å². The highest BCUT2D eigenvalue weighted by atomic mass is 35.5. The first-order chi connectivity index (χ1) is 10.1. The Bertz CT molecular complexity index is 578. The second-order valence-corrected chi connectivity index (χ2v) is 5.71. The van der Waals surface area contributed by atoms with E-state index < -0.39 is 0 Å². The zero-order chi connectivity index (χ0) is 15.2. The standard InChI is InChI=1S/C18H22ClNO/c1-4-21-16-8-6-15(7-9-16)17-10-5-14(11-18(17)19)12-20-13(2)3/h5-11,13,20H,4,12H2,1-3H3. The Labute approximate surface area is 132 Å². The van der Waals surface area contributed by atoms with Gasteiger partial charge in [-0.25, -0.2) is 0 Å². The lowest BCUT2D eigenvalue weighted by molar-refractivity contribution is 0.340. The van der Waals surface area contributed by atoms with Crippen LogP contribution in [0.1, 0.15) is 26.3 Å². The van der Waals surface area contributed by atoms with E-state index in [0.29, 0.717) is 12.6 Å². The van der Waals surface area contributed by atoms with Gasteiger partial charge >= 0.3 is 0 Å². The molecule has 0 aliphatic heterocycles. The Morgan fingerprint density at radius 1 is 1.10 bits per heavy atom. The molecule has 3 heteroatoms. The van der Waals surface area contributed by atoms with Crippen molar-refractivity contribution in [2.45, 2.75) is 33.4 Å². The zero-order valence-electron chi connectivity index (χ0n) is 12.8. The largest absolute Gasteiger partial charge is 0.494 e. The van der Waals surface area contributed by atoms with Crippen LogP contribution in [-0.2, 0) is 6.54 Å². The molecule has 0 aromatic heterocycles. The van der Waals surface area contributed by atoms with Crippen molar-refractivity contribution in [1.82, 2.24) is 5.32 Å². The third-order valence-electron chi connectivity index (χ3n) is 3.22. The molecule has 21 heavy (non-hydrogen) atoms. The van der Waals surface area contributed by atoms with Crippen LogP contribution < -0.4 is 10.1 Å². The Kier molecular flexibility index (Phi) is 5.66. The number of benzene rings is 2. The minimum atomic E-state index is 0.467. The maximum atomic E-state index is 6.42. The van der Waals surface area contributed by atoms with Crippen molar-refractivity contribution in [2.24, 2.45) is 0 Å². The average Bonchev–Trinajstić information content (AvgIpc) is 2.47. The molecule has 0 amide bonds. The van der Waals surface area contributed by atoms with Crippen LogP contribution in [0.25, 0.3) is 11.1 Å². The quantitative estimate of drug-likeness (QED) is 0.819. The van der Waals surface area contributed by atoms with E-state index in [1.54, 1.807) is 0 Å². The lowest BCUT2D eigenvalue weighted by Crippen LogP contribution is -2.21. The Balaban J connectivity index is 2.16. The van der Waals surface area contributed by atoms with Crippen LogP contribution in [0.3, 0.4) is 0 Å². The summed E-state index contributed by atoms with van der Waals surface area (Å²) in [6.45, 7) is 7.76. The summed E-state index contributed by atoms with van der Waals surface area (Å²) in [7, 11) is 0. The number of hydrogen-bond donors (Lipinski definition) is 1. The molecule has 0 radical (unpaired) electrons. The maximum Gasteiger partial charge on any atom is 0.119 e. The summed E-state index contributed by atoms with van der Waals surface area (Å²) in [5.74, 6) is 0.884. The van der Waals surface area contributed by atoms with Gasteiger partial charge in [-0.1, -0.05) is 49.7 Å².